The Morgan fingerprint density at radius 3 is 2.39 bits per heavy atom. The summed E-state index contributed by atoms with van der Waals surface area (Å²) in [4.78, 5) is 0.942. The monoisotopic (exact) mass is 334 g/mol. The van der Waals surface area contributed by atoms with Crippen LogP contribution in [0, 0.1) is 18.6 Å². The van der Waals surface area contributed by atoms with E-state index in [1.165, 1.54) is 24.1 Å². The highest BCUT2D eigenvalue weighted by atomic mass is 32.2. The maximum Gasteiger partial charge on any atom is 0.126 e. The molecular formula is C18H20F2N2S. The van der Waals surface area contributed by atoms with Crippen LogP contribution in [0.1, 0.15) is 24.0 Å². The number of piperidine rings is 1. The van der Waals surface area contributed by atoms with Crippen molar-refractivity contribution in [1.29, 1.82) is 0 Å². The lowest BCUT2D eigenvalue weighted by Crippen LogP contribution is -2.47. The molecule has 0 saturated carbocycles. The Morgan fingerprint density at radius 2 is 1.74 bits per heavy atom. The third-order valence-electron chi connectivity index (χ3n) is 4.36. The van der Waals surface area contributed by atoms with E-state index in [1.807, 2.05) is 12.1 Å². The maximum atomic E-state index is 14.0. The summed E-state index contributed by atoms with van der Waals surface area (Å²) in [5.41, 5.74) is 1.35. The molecule has 3 rings (SSSR count). The smallest absolute Gasteiger partial charge is 0.126 e. The van der Waals surface area contributed by atoms with Crippen molar-refractivity contribution in [2.75, 3.05) is 13.1 Å². The van der Waals surface area contributed by atoms with Gasteiger partial charge in [-0.15, -0.1) is 0 Å². The van der Waals surface area contributed by atoms with E-state index in [9.17, 15) is 8.78 Å². The van der Waals surface area contributed by atoms with Gasteiger partial charge >= 0.3 is 0 Å². The van der Waals surface area contributed by atoms with Crippen molar-refractivity contribution in [3.05, 3.63) is 65.2 Å². The van der Waals surface area contributed by atoms with E-state index in [1.54, 1.807) is 25.1 Å². The summed E-state index contributed by atoms with van der Waals surface area (Å²) in [5.74, 6) is -0.416. The van der Waals surface area contributed by atoms with E-state index in [-0.39, 0.29) is 17.2 Å². The van der Waals surface area contributed by atoms with Crippen LogP contribution in [0.5, 0.6) is 0 Å². The van der Waals surface area contributed by atoms with Crippen molar-refractivity contribution in [1.82, 2.24) is 10.0 Å². The first kappa shape index (κ1) is 16.4. The Labute approximate surface area is 139 Å². The second-order valence-corrected chi connectivity index (χ2v) is 6.83. The average Bonchev–Trinajstić information content (AvgIpc) is 2.58. The van der Waals surface area contributed by atoms with Gasteiger partial charge in [-0.3, -0.25) is 0 Å². The highest BCUT2D eigenvalue weighted by Crippen LogP contribution is 2.35. The molecule has 2 aromatic rings. The molecule has 1 aliphatic rings. The number of nitrogens with one attached hydrogen (secondary N) is 2. The Kier molecular flexibility index (Phi) is 4.99. The molecule has 5 heteroatoms. The molecule has 2 nitrogen and oxygen atoms in total. The first-order valence-electron chi connectivity index (χ1n) is 7.76. The number of halogens is 2. The Bertz CT molecular complexity index is 667. The van der Waals surface area contributed by atoms with Gasteiger partial charge in [-0.05, 0) is 86.3 Å². The molecule has 1 fully saturated rings. The molecule has 2 aromatic carbocycles. The Hall–Kier alpha value is -1.43. The maximum absolute atomic E-state index is 14.0. The van der Waals surface area contributed by atoms with Gasteiger partial charge in [0.15, 0.2) is 0 Å². The average molecular weight is 334 g/mol. The van der Waals surface area contributed by atoms with Gasteiger partial charge in [0.05, 0.1) is 5.54 Å². The fourth-order valence-corrected chi connectivity index (χ4v) is 3.76. The summed E-state index contributed by atoms with van der Waals surface area (Å²) in [6.45, 7) is 3.54. The predicted octanol–water partition coefficient (Wildman–Crippen LogP) is 4.15. The van der Waals surface area contributed by atoms with E-state index in [2.05, 4.69) is 10.0 Å². The minimum atomic E-state index is -0.279. The molecule has 1 heterocycles. The molecule has 1 saturated heterocycles. The summed E-state index contributed by atoms with van der Waals surface area (Å²) in [7, 11) is 0. The van der Waals surface area contributed by atoms with E-state index < -0.39 is 0 Å². The first-order valence-corrected chi connectivity index (χ1v) is 8.58. The van der Waals surface area contributed by atoms with Crippen LogP contribution < -0.4 is 10.0 Å². The number of hydrogen-bond acceptors (Lipinski definition) is 3. The molecule has 0 atom stereocenters. The van der Waals surface area contributed by atoms with Gasteiger partial charge in [-0.25, -0.2) is 13.5 Å². The molecule has 0 spiro atoms. The molecule has 0 unspecified atom stereocenters. The van der Waals surface area contributed by atoms with E-state index >= 15 is 0 Å². The van der Waals surface area contributed by atoms with Crippen molar-refractivity contribution >= 4 is 11.9 Å². The lowest BCUT2D eigenvalue weighted by molar-refractivity contribution is 0.294. The predicted molar refractivity (Wildman–Crippen MR) is 90.3 cm³/mol. The summed E-state index contributed by atoms with van der Waals surface area (Å²) in [5, 5.41) is 3.35. The van der Waals surface area contributed by atoms with E-state index in [4.69, 9.17) is 0 Å². The molecule has 2 N–H and O–H groups in total. The zero-order valence-electron chi connectivity index (χ0n) is 13.0. The molecule has 0 aromatic heterocycles. The largest absolute Gasteiger partial charge is 0.317 e. The molecule has 0 amide bonds. The normalized spacial score (nSPS) is 17.2. The van der Waals surface area contributed by atoms with Crippen LogP contribution in [0.15, 0.2) is 47.4 Å². The lowest BCUT2D eigenvalue weighted by Gasteiger charge is -2.38. The standard InChI is InChI=1S/C18H20F2N2S/c1-13-2-3-14(12-17(13)20)18(8-10-21-11-9-18)22-23-16-6-4-15(19)5-7-16/h2-7,12,21-22H,8-11H2,1H3. The minimum Gasteiger partial charge on any atom is -0.317 e. The van der Waals surface area contributed by atoms with Gasteiger partial charge in [0.1, 0.15) is 11.6 Å². The second kappa shape index (κ2) is 6.99. The van der Waals surface area contributed by atoms with Gasteiger partial charge in [0, 0.05) is 4.90 Å². The van der Waals surface area contributed by atoms with Crippen LogP contribution in [-0.4, -0.2) is 13.1 Å². The van der Waals surface area contributed by atoms with Crippen LogP contribution in [0.4, 0.5) is 8.78 Å². The Morgan fingerprint density at radius 1 is 1.04 bits per heavy atom. The number of hydrogen-bond donors (Lipinski definition) is 2. The van der Waals surface area contributed by atoms with Crippen LogP contribution in [0.3, 0.4) is 0 Å². The van der Waals surface area contributed by atoms with Crippen LogP contribution in [0.2, 0.25) is 0 Å². The summed E-state index contributed by atoms with van der Waals surface area (Å²) in [6.07, 6.45) is 1.76. The lowest BCUT2D eigenvalue weighted by atomic mass is 9.82. The number of rotatable bonds is 4. The quantitative estimate of drug-likeness (QED) is 0.822. The summed E-state index contributed by atoms with van der Waals surface area (Å²) >= 11 is 1.47. The van der Waals surface area contributed by atoms with Crippen LogP contribution in [0.25, 0.3) is 0 Å². The third kappa shape index (κ3) is 3.74. The molecule has 122 valence electrons. The summed E-state index contributed by atoms with van der Waals surface area (Å²) < 4.78 is 30.6. The molecule has 23 heavy (non-hydrogen) atoms. The van der Waals surface area contributed by atoms with Gasteiger partial charge < -0.3 is 5.32 Å². The number of benzene rings is 2. The van der Waals surface area contributed by atoms with Crippen molar-refractivity contribution in [2.24, 2.45) is 0 Å². The van der Waals surface area contributed by atoms with Crippen molar-refractivity contribution < 1.29 is 8.78 Å². The van der Waals surface area contributed by atoms with Gasteiger partial charge in [0.2, 0.25) is 0 Å². The highest BCUT2D eigenvalue weighted by molar-refractivity contribution is 7.97. The fourth-order valence-electron chi connectivity index (χ4n) is 2.85. The Balaban J connectivity index is 1.84. The van der Waals surface area contributed by atoms with Gasteiger partial charge in [-0.1, -0.05) is 12.1 Å². The molecule has 0 radical (unpaired) electrons. The molecule has 0 bridgehead atoms. The molecular weight excluding hydrogens is 314 g/mol. The zero-order chi connectivity index (χ0) is 16.3. The fraction of sp³-hybridized carbons (Fsp3) is 0.333. The topological polar surface area (TPSA) is 24.1 Å². The molecule has 1 aliphatic heterocycles. The zero-order valence-corrected chi connectivity index (χ0v) is 13.9. The van der Waals surface area contributed by atoms with E-state index in [0.717, 1.165) is 36.4 Å². The van der Waals surface area contributed by atoms with Gasteiger partial charge in [0.25, 0.3) is 0 Å². The van der Waals surface area contributed by atoms with Crippen molar-refractivity contribution in [3.63, 3.8) is 0 Å². The van der Waals surface area contributed by atoms with Crippen LogP contribution >= 0.6 is 11.9 Å². The van der Waals surface area contributed by atoms with Crippen LogP contribution in [-0.2, 0) is 5.54 Å². The highest BCUT2D eigenvalue weighted by Gasteiger charge is 2.34. The first-order chi connectivity index (χ1) is 11.1. The minimum absolute atomic E-state index is 0.172. The summed E-state index contributed by atoms with van der Waals surface area (Å²) in [6, 6.07) is 11.9. The van der Waals surface area contributed by atoms with Gasteiger partial charge in [-0.2, -0.15) is 0 Å². The second-order valence-electron chi connectivity index (χ2n) is 5.95. The van der Waals surface area contributed by atoms with E-state index in [0.29, 0.717) is 5.56 Å². The van der Waals surface area contributed by atoms with Crippen molar-refractivity contribution in [3.8, 4) is 0 Å². The number of aryl methyl sites for hydroxylation is 1. The third-order valence-corrected chi connectivity index (χ3v) is 5.36. The SMILES string of the molecule is Cc1ccc(C2(NSc3ccc(F)cc3)CCNCC2)cc1F. The van der Waals surface area contributed by atoms with Crippen molar-refractivity contribution in [2.45, 2.75) is 30.2 Å². The molecule has 0 aliphatic carbocycles.